The van der Waals surface area contributed by atoms with E-state index < -0.39 is 5.97 Å². The van der Waals surface area contributed by atoms with Gasteiger partial charge in [0.05, 0.1) is 12.7 Å². The lowest BCUT2D eigenvalue weighted by atomic mass is 10.2. The number of hydrogen-bond donors (Lipinski definition) is 0. The van der Waals surface area contributed by atoms with Crippen molar-refractivity contribution in [2.45, 2.75) is 0 Å². The molecule has 110 valence electrons. The molecule has 0 aliphatic carbocycles. The summed E-state index contributed by atoms with van der Waals surface area (Å²) in [6, 6.07) is 14.9. The van der Waals surface area contributed by atoms with Gasteiger partial charge in [-0.2, -0.15) is 0 Å². The third-order valence-electron chi connectivity index (χ3n) is 3.12. The summed E-state index contributed by atoms with van der Waals surface area (Å²) in [5.74, 6) is 0.363. The zero-order chi connectivity index (χ0) is 15.5. The van der Waals surface area contributed by atoms with Gasteiger partial charge >= 0.3 is 5.97 Å². The molecule has 0 bridgehead atoms. The van der Waals surface area contributed by atoms with Crippen LogP contribution in [0.2, 0.25) is 0 Å². The van der Waals surface area contributed by atoms with E-state index in [2.05, 4.69) is 20.9 Å². The van der Waals surface area contributed by atoms with Crippen molar-refractivity contribution < 1.29 is 14.3 Å². The maximum atomic E-state index is 12.0. The predicted octanol–water partition coefficient (Wildman–Crippen LogP) is 3.80. The fraction of sp³-hybridized carbons (Fsp3) is 0.0588. The van der Waals surface area contributed by atoms with Gasteiger partial charge in [-0.3, -0.25) is 0 Å². The lowest BCUT2D eigenvalue weighted by molar-refractivity contribution is -0.129. The van der Waals surface area contributed by atoms with Gasteiger partial charge in [-0.05, 0) is 29.8 Å². The third kappa shape index (κ3) is 2.94. The average molecular weight is 358 g/mol. The Hall–Kier alpha value is -2.40. The maximum absolute atomic E-state index is 12.0. The molecule has 0 aromatic heterocycles. The molecule has 1 aliphatic heterocycles. The molecule has 2 aromatic rings. The van der Waals surface area contributed by atoms with Crippen LogP contribution in [-0.4, -0.2) is 19.0 Å². The van der Waals surface area contributed by atoms with E-state index in [-0.39, 0.29) is 11.6 Å². The first-order valence-electron chi connectivity index (χ1n) is 6.59. The Labute approximate surface area is 136 Å². The number of carbonyl (C=O) groups excluding carboxylic acids is 1. The molecular formula is C17H12BrNO3. The van der Waals surface area contributed by atoms with Gasteiger partial charge in [-0.25, -0.2) is 9.79 Å². The summed E-state index contributed by atoms with van der Waals surface area (Å²) in [7, 11) is 1.56. The Morgan fingerprint density at radius 3 is 2.68 bits per heavy atom. The highest BCUT2D eigenvalue weighted by atomic mass is 79.9. The van der Waals surface area contributed by atoms with E-state index in [0.29, 0.717) is 11.3 Å². The van der Waals surface area contributed by atoms with Gasteiger partial charge in [0.15, 0.2) is 5.70 Å². The lowest BCUT2D eigenvalue weighted by Crippen LogP contribution is -2.07. The molecular weight excluding hydrogens is 346 g/mol. The van der Waals surface area contributed by atoms with Crippen molar-refractivity contribution in [1.29, 1.82) is 0 Å². The van der Waals surface area contributed by atoms with Crippen LogP contribution >= 0.6 is 15.9 Å². The summed E-state index contributed by atoms with van der Waals surface area (Å²) < 4.78 is 11.4. The standard InChI is InChI=1S/C17H12BrNO3/c1-21-15-8-7-12(18)10-13(15)16-19-14(17(20)22-16)9-11-5-3-2-4-6-11/h2-10H,1H3. The molecule has 0 N–H and O–H groups in total. The van der Waals surface area contributed by atoms with Crippen molar-refractivity contribution in [2.75, 3.05) is 7.11 Å². The molecule has 1 heterocycles. The van der Waals surface area contributed by atoms with Crippen LogP contribution in [0.4, 0.5) is 0 Å². The first-order valence-corrected chi connectivity index (χ1v) is 7.38. The van der Waals surface area contributed by atoms with Crippen molar-refractivity contribution in [2.24, 2.45) is 4.99 Å². The Morgan fingerprint density at radius 2 is 1.95 bits per heavy atom. The number of aliphatic imine (C=N–C) groups is 1. The summed E-state index contributed by atoms with van der Waals surface area (Å²) in [5, 5.41) is 0. The summed E-state index contributed by atoms with van der Waals surface area (Å²) in [6.45, 7) is 0. The first kappa shape index (κ1) is 14.5. The molecule has 5 heteroatoms. The van der Waals surface area contributed by atoms with E-state index >= 15 is 0 Å². The van der Waals surface area contributed by atoms with Gasteiger partial charge < -0.3 is 9.47 Å². The molecule has 0 radical (unpaired) electrons. The van der Waals surface area contributed by atoms with Gasteiger partial charge in [0.1, 0.15) is 5.75 Å². The Balaban J connectivity index is 2.00. The van der Waals surface area contributed by atoms with Crippen molar-refractivity contribution in [3.63, 3.8) is 0 Å². The van der Waals surface area contributed by atoms with Crippen molar-refractivity contribution >= 4 is 33.9 Å². The van der Waals surface area contributed by atoms with Crippen LogP contribution in [0.15, 0.2) is 63.7 Å². The summed E-state index contributed by atoms with van der Waals surface area (Å²) in [5.41, 5.74) is 1.78. The molecule has 0 saturated heterocycles. The van der Waals surface area contributed by atoms with Crippen LogP contribution in [0.1, 0.15) is 11.1 Å². The Bertz CT molecular complexity index is 782. The maximum Gasteiger partial charge on any atom is 0.363 e. The molecule has 2 aromatic carbocycles. The molecule has 0 fully saturated rings. The minimum absolute atomic E-state index is 0.241. The zero-order valence-electron chi connectivity index (χ0n) is 11.7. The van der Waals surface area contributed by atoms with Gasteiger partial charge in [0.2, 0.25) is 5.90 Å². The second kappa shape index (κ2) is 6.15. The molecule has 0 spiro atoms. The van der Waals surface area contributed by atoms with Crippen LogP contribution in [0, 0.1) is 0 Å². The third-order valence-corrected chi connectivity index (χ3v) is 3.61. The molecule has 0 atom stereocenters. The van der Waals surface area contributed by atoms with Gasteiger partial charge in [-0.1, -0.05) is 46.3 Å². The topological polar surface area (TPSA) is 47.9 Å². The van der Waals surface area contributed by atoms with E-state index in [1.165, 1.54) is 0 Å². The summed E-state index contributed by atoms with van der Waals surface area (Å²) in [4.78, 5) is 16.3. The number of benzene rings is 2. The fourth-order valence-electron chi connectivity index (χ4n) is 2.08. The number of nitrogens with zero attached hydrogens (tertiary/aromatic N) is 1. The van der Waals surface area contributed by atoms with Crippen LogP contribution in [0.25, 0.3) is 6.08 Å². The Kier molecular flexibility index (Phi) is 4.06. The molecule has 1 aliphatic rings. The number of carbonyl (C=O) groups is 1. The number of esters is 1. The highest BCUT2D eigenvalue weighted by molar-refractivity contribution is 9.10. The van der Waals surface area contributed by atoms with Gasteiger partial charge in [0, 0.05) is 4.47 Å². The number of ether oxygens (including phenoxy) is 2. The molecule has 0 unspecified atom stereocenters. The first-order chi connectivity index (χ1) is 10.7. The molecule has 22 heavy (non-hydrogen) atoms. The van der Waals surface area contributed by atoms with Gasteiger partial charge in [-0.15, -0.1) is 0 Å². The van der Waals surface area contributed by atoms with E-state index in [1.807, 2.05) is 36.4 Å². The minimum atomic E-state index is -0.471. The lowest BCUT2D eigenvalue weighted by Gasteiger charge is -2.07. The molecule has 0 saturated carbocycles. The largest absolute Gasteiger partial charge is 0.496 e. The van der Waals surface area contributed by atoms with Crippen LogP contribution < -0.4 is 4.74 Å². The van der Waals surface area contributed by atoms with Crippen molar-refractivity contribution in [1.82, 2.24) is 0 Å². The van der Waals surface area contributed by atoms with E-state index in [1.54, 1.807) is 25.3 Å². The molecule has 0 amide bonds. The van der Waals surface area contributed by atoms with E-state index in [9.17, 15) is 4.79 Å². The highest BCUT2D eigenvalue weighted by Crippen LogP contribution is 2.27. The fourth-order valence-corrected chi connectivity index (χ4v) is 2.44. The Morgan fingerprint density at radius 1 is 1.18 bits per heavy atom. The van der Waals surface area contributed by atoms with E-state index in [4.69, 9.17) is 9.47 Å². The number of methoxy groups -OCH3 is 1. The smallest absolute Gasteiger partial charge is 0.363 e. The SMILES string of the molecule is COc1ccc(Br)cc1C1=NC(=Cc2ccccc2)C(=O)O1. The van der Waals surface area contributed by atoms with Crippen LogP contribution in [0.3, 0.4) is 0 Å². The van der Waals surface area contributed by atoms with Crippen molar-refractivity contribution in [3.8, 4) is 5.75 Å². The normalized spacial score (nSPS) is 15.6. The second-order valence-corrected chi connectivity index (χ2v) is 5.51. The zero-order valence-corrected chi connectivity index (χ0v) is 13.3. The van der Waals surface area contributed by atoms with Crippen LogP contribution in [0.5, 0.6) is 5.75 Å². The second-order valence-electron chi connectivity index (χ2n) is 4.59. The van der Waals surface area contributed by atoms with Crippen LogP contribution in [-0.2, 0) is 9.53 Å². The number of cyclic esters (lactones) is 1. The van der Waals surface area contributed by atoms with Gasteiger partial charge in [0.25, 0.3) is 0 Å². The average Bonchev–Trinajstić information content (AvgIpc) is 2.89. The monoisotopic (exact) mass is 357 g/mol. The summed E-state index contributed by atoms with van der Waals surface area (Å²) >= 11 is 3.39. The predicted molar refractivity (Wildman–Crippen MR) is 87.7 cm³/mol. The quantitative estimate of drug-likeness (QED) is 0.619. The minimum Gasteiger partial charge on any atom is -0.496 e. The van der Waals surface area contributed by atoms with Crippen molar-refractivity contribution in [3.05, 3.63) is 69.8 Å². The number of hydrogen-bond acceptors (Lipinski definition) is 4. The van der Waals surface area contributed by atoms with E-state index in [0.717, 1.165) is 10.0 Å². The molecule has 3 rings (SSSR count). The number of rotatable bonds is 3. The molecule has 4 nitrogen and oxygen atoms in total. The highest BCUT2D eigenvalue weighted by Gasteiger charge is 2.26. The number of halogens is 1. The summed E-state index contributed by atoms with van der Waals surface area (Å²) in [6.07, 6.45) is 1.69.